The molecule has 1 aliphatic rings. The van der Waals surface area contributed by atoms with E-state index in [-0.39, 0.29) is 11.8 Å². The number of rotatable bonds is 3. The summed E-state index contributed by atoms with van der Waals surface area (Å²) in [6.07, 6.45) is -0.516. The van der Waals surface area contributed by atoms with Gasteiger partial charge in [-0.25, -0.2) is 0 Å². The number of hydrogen-bond acceptors (Lipinski definition) is 3. The largest absolute Gasteiger partial charge is 0.479 e. The van der Waals surface area contributed by atoms with Gasteiger partial charge in [-0.3, -0.25) is 9.59 Å². The maximum Gasteiger partial charge on any atom is 0.265 e. The minimum Gasteiger partial charge on any atom is -0.479 e. The molecule has 1 heterocycles. The summed E-state index contributed by atoms with van der Waals surface area (Å²) in [6, 6.07) is 12.7. The minimum atomic E-state index is -0.516. The van der Waals surface area contributed by atoms with Gasteiger partial charge >= 0.3 is 0 Å². The zero-order valence-corrected chi connectivity index (χ0v) is 13.9. The fraction of sp³-hybridized carbons (Fsp3) is 0.263. The maximum absolute atomic E-state index is 12.4. The van der Waals surface area contributed by atoms with Crippen LogP contribution < -0.4 is 15.4 Å². The van der Waals surface area contributed by atoms with E-state index in [9.17, 15) is 9.59 Å². The number of carbonyl (C=O) groups is 2. The van der Waals surface area contributed by atoms with E-state index >= 15 is 0 Å². The number of carbonyl (C=O) groups excluding carboxylic acids is 2. The SMILES string of the molecule is CC(C)c1ccc(C(=O)Nc2ccc3c(c2)NC(=O)[C@H](C)O3)cc1. The molecule has 5 nitrogen and oxygen atoms in total. The van der Waals surface area contributed by atoms with Crippen LogP contribution >= 0.6 is 0 Å². The Morgan fingerprint density at radius 3 is 2.54 bits per heavy atom. The third kappa shape index (κ3) is 3.25. The third-order valence-electron chi connectivity index (χ3n) is 4.01. The van der Waals surface area contributed by atoms with Gasteiger partial charge in [0.15, 0.2) is 6.10 Å². The van der Waals surface area contributed by atoms with Crippen molar-refractivity contribution < 1.29 is 14.3 Å². The van der Waals surface area contributed by atoms with Gasteiger partial charge in [-0.05, 0) is 48.7 Å². The smallest absolute Gasteiger partial charge is 0.265 e. The molecule has 24 heavy (non-hydrogen) atoms. The van der Waals surface area contributed by atoms with E-state index in [1.165, 1.54) is 5.56 Å². The first kappa shape index (κ1) is 16.1. The highest BCUT2D eigenvalue weighted by Crippen LogP contribution is 2.32. The Morgan fingerprint density at radius 1 is 1.17 bits per heavy atom. The summed E-state index contributed by atoms with van der Waals surface area (Å²) in [5, 5.41) is 5.61. The van der Waals surface area contributed by atoms with Gasteiger partial charge in [-0.15, -0.1) is 0 Å². The Hall–Kier alpha value is -2.82. The van der Waals surface area contributed by atoms with Gasteiger partial charge in [0.05, 0.1) is 5.69 Å². The topological polar surface area (TPSA) is 67.4 Å². The zero-order valence-electron chi connectivity index (χ0n) is 13.9. The van der Waals surface area contributed by atoms with Crippen molar-refractivity contribution in [3.8, 4) is 5.75 Å². The lowest BCUT2D eigenvalue weighted by Gasteiger charge is -2.23. The van der Waals surface area contributed by atoms with Crippen LogP contribution in [0.25, 0.3) is 0 Å². The molecule has 2 amide bonds. The summed E-state index contributed by atoms with van der Waals surface area (Å²) in [5.41, 5.74) is 2.94. The van der Waals surface area contributed by atoms with Gasteiger partial charge in [0.2, 0.25) is 0 Å². The first-order valence-corrected chi connectivity index (χ1v) is 7.97. The van der Waals surface area contributed by atoms with Crippen molar-refractivity contribution in [1.29, 1.82) is 0 Å². The predicted molar refractivity (Wildman–Crippen MR) is 93.6 cm³/mol. The van der Waals surface area contributed by atoms with Crippen molar-refractivity contribution >= 4 is 23.2 Å². The molecule has 0 spiro atoms. The standard InChI is InChI=1S/C19H20N2O3/c1-11(2)13-4-6-14(7-5-13)19(23)20-15-8-9-17-16(10-15)21-18(22)12(3)24-17/h4-12H,1-3H3,(H,20,23)(H,21,22)/t12-/m0/s1. The highest BCUT2D eigenvalue weighted by atomic mass is 16.5. The van der Waals surface area contributed by atoms with Crippen LogP contribution in [0.4, 0.5) is 11.4 Å². The Bertz CT molecular complexity index is 782. The van der Waals surface area contributed by atoms with E-state index in [0.29, 0.717) is 28.6 Å². The minimum absolute atomic E-state index is 0.193. The van der Waals surface area contributed by atoms with Gasteiger partial charge in [-0.2, -0.15) is 0 Å². The summed E-state index contributed by atoms with van der Waals surface area (Å²) in [5.74, 6) is 0.632. The molecular weight excluding hydrogens is 304 g/mol. The monoisotopic (exact) mass is 324 g/mol. The first-order valence-electron chi connectivity index (χ1n) is 7.97. The van der Waals surface area contributed by atoms with E-state index < -0.39 is 6.10 Å². The fourth-order valence-electron chi connectivity index (χ4n) is 2.51. The number of anilines is 2. The molecule has 0 bridgehead atoms. The van der Waals surface area contributed by atoms with Crippen molar-refractivity contribution in [2.24, 2.45) is 0 Å². The Balaban J connectivity index is 1.75. The molecule has 0 saturated carbocycles. The van der Waals surface area contributed by atoms with E-state index in [1.807, 2.05) is 24.3 Å². The Labute approximate surface area is 141 Å². The van der Waals surface area contributed by atoms with Gasteiger partial charge in [0, 0.05) is 11.3 Å². The Morgan fingerprint density at radius 2 is 1.88 bits per heavy atom. The molecule has 3 rings (SSSR count). The lowest BCUT2D eigenvalue weighted by molar-refractivity contribution is -0.122. The van der Waals surface area contributed by atoms with Gasteiger partial charge in [0.1, 0.15) is 5.75 Å². The van der Waals surface area contributed by atoms with Gasteiger partial charge in [-0.1, -0.05) is 26.0 Å². The van der Waals surface area contributed by atoms with Crippen molar-refractivity contribution in [1.82, 2.24) is 0 Å². The van der Waals surface area contributed by atoms with Crippen molar-refractivity contribution in [3.63, 3.8) is 0 Å². The van der Waals surface area contributed by atoms with Crippen LogP contribution in [0.1, 0.15) is 42.6 Å². The number of hydrogen-bond donors (Lipinski definition) is 2. The van der Waals surface area contributed by atoms with E-state index in [1.54, 1.807) is 25.1 Å². The molecule has 0 saturated heterocycles. The first-order chi connectivity index (χ1) is 11.4. The number of fused-ring (bicyclic) bond motifs is 1. The highest BCUT2D eigenvalue weighted by molar-refractivity contribution is 6.05. The number of benzene rings is 2. The summed E-state index contributed by atoms with van der Waals surface area (Å²) in [4.78, 5) is 24.0. The van der Waals surface area contributed by atoms with Crippen LogP contribution in [-0.2, 0) is 4.79 Å². The van der Waals surface area contributed by atoms with E-state index in [0.717, 1.165) is 0 Å². The van der Waals surface area contributed by atoms with E-state index in [4.69, 9.17) is 4.74 Å². The molecule has 1 atom stereocenters. The molecule has 0 unspecified atom stereocenters. The molecule has 0 aromatic heterocycles. The van der Waals surface area contributed by atoms with Crippen molar-refractivity contribution in [2.45, 2.75) is 32.8 Å². The lowest BCUT2D eigenvalue weighted by atomic mass is 10.0. The second-order valence-corrected chi connectivity index (χ2v) is 6.19. The molecule has 0 fully saturated rings. The normalized spacial score (nSPS) is 16.2. The van der Waals surface area contributed by atoms with Crippen LogP contribution in [0.2, 0.25) is 0 Å². The van der Waals surface area contributed by atoms with Crippen molar-refractivity contribution in [3.05, 3.63) is 53.6 Å². The maximum atomic E-state index is 12.4. The van der Waals surface area contributed by atoms with Crippen LogP contribution in [0, 0.1) is 0 Å². The number of amides is 2. The zero-order chi connectivity index (χ0) is 17.3. The van der Waals surface area contributed by atoms with Crippen LogP contribution in [-0.4, -0.2) is 17.9 Å². The van der Waals surface area contributed by atoms with Crippen LogP contribution in [0.15, 0.2) is 42.5 Å². The summed E-state index contributed by atoms with van der Waals surface area (Å²) >= 11 is 0. The molecule has 2 aromatic rings. The number of ether oxygens (including phenoxy) is 1. The molecule has 1 aliphatic heterocycles. The average molecular weight is 324 g/mol. The average Bonchev–Trinajstić information content (AvgIpc) is 2.56. The number of nitrogens with one attached hydrogen (secondary N) is 2. The lowest BCUT2D eigenvalue weighted by Crippen LogP contribution is -2.34. The molecular formula is C19H20N2O3. The van der Waals surface area contributed by atoms with Gasteiger partial charge in [0.25, 0.3) is 11.8 Å². The van der Waals surface area contributed by atoms with Gasteiger partial charge < -0.3 is 15.4 Å². The summed E-state index contributed by atoms with van der Waals surface area (Å²) < 4.78 is 5.50. The predicted octanol–water partition coefficient (Wildman–Crippen LogP) is 3.78. The highest BCUT2D eigenvalue weighted by Gasteiger charge is 2.23. The summed E-state index contributed by atoms with van der Waals surface area (Å²) in [7, 11) is 0. The third-order valence-corrected chi connectivity index (χ3v) is 4.01. The molecule has 5 heteroatoms. The van der Waals surface area contributed by atoms with Crippen LogP contribution in [0.5, 0.6) is 5.75 Å². The second kappa shape index (κ2) is 6.35. The Kier molecular flexibility index (Phi) is 4.25. The van der Waals surface area contributed by atoms with Crippen molar-refractivity contribution in [2.75, 3.05) is 10.6 Å². The molecule has 2 N–H and O–H groups in total. The molecule has 0 radical (unpaired) electrons. The molecule has 124 valence electrons. The summed E-state index contributed by atoms with van der Waals surface area (Å²) in [6.45, 7) is 5.91. The fourth-order valence-corrected chi connectivity index (χ4v) is 2.51. The molecule has 0 aliphatic carbocycles. The van der Waals surface area contributed by atoms with Crippen LogP contribution in [0.3, 0.4) is 0 Å². The van der Waals surface area contributed by atoms with E-state index in [2.05, 4.69) is 24.5 Å². The molecule has 2 aromatic carbocycles. The quantitative estimate of drug-likeness (QED) is 0.903. The second-order valence-electron chi connectivity index (χ2n) is 6.19.